The van der Waals surface area contributed by atoms with Gasteiger partial charge in [0.2, 0.25) is 5.95 Å². The smallest absolute Gasteiger partial charge is 0.330 e. The Bertz CT molecular complexity index is 1490. The van der Waals surface area contributed by atoms with Crippen molar-refractivity contribution in [1.29, 1.82) is 0 Å². The van der Waals surface area contributed by atoms with Crippen molar-refractivity contribution in [2.45, 2.75) is 32.2 Å². The molecule has 0 amide bonds. The Kier molecular flexibility index (Phi) is 5.13. The molecule has 1 aromatic carbocycles. The maximum Gasteiger partial charge on any atom is 0.330 e. The Hall–Kier alpha value is -3.05. The first-order valence-electron chi connectivity index (χ1n) is 10.9. The minimum absolute atomic E-state index is 0.0162. The van der Waals surface area contributed by atoms with Crippen molar-refractivity contribution in [3.8, 4) is 0 Å². The zero-order valence-corrected chi connectivity index (χ0v) is 20.0. The second-order valence-corrected chi connectivity index (χ2v) is 12.3. The van der Waals surface area contributed by atoms with Crippen LogP contribution in [0.5, 0.6) is 0 Å². The first kappa shape index (κ1) is 21.8. The first-order valence-corrected chi connectivity index (χ1v) is 13.3. The number of aryl methyl sites for hydroxylation is 3. The summed E-state index contributed by atoms with van der Waals surface area (Å²) < 4.78 is 20.5. The average molecular weight is 473 g/mol. The molecule has 1 fully saturated rings. The van der Waals surface area contributed by atoms with Crippen LogP contribution in [0.15, 0.2) is 32.4 Å². The molecule has 2 unspecified atom stereocenters. The molecule has 1 saturated heterocycles. The van der Waals surface area contributed by atoms with E-state index < -0.39 is 10.3 Å². The SMILES string of the molecule is Cc1cc2on(C)c(=O)c2cc1Nc1ncc2c(n1)n(C1CCCS(C)(O)CC1)c(=O)n2C. The van der Waals surface area contributed by atoms with Gasteiger partial charge in [-0.25, -0.2) is 9.78 Å². The van der Waals surface area contributed by atoms with Crippen LogP contribution in [0.2, 0.25) is 0 Å². The number of fused-ring (bicyclic) bond motifs is 2. The zero-order valence-electron chi connectivity index (χ0n) is 19.2. The quantitative estimate of drug-likeness (QED) is 0.469. The summed E-state index contributed by atoms with van der Waals surface area (Å²) in [4.78, 5) is 34.5. The van der Waals surface area contributed by atoms with Gasteiger partial charge in [0.15, 0.2) is 11.2 Å². The lowest BCUT2D eigenvalue weighted by molar-refractivity contribution is 0.324. The van der Waals surface area contributed by atoms with Crippen molar-refractivity contribution < 1.29 is 9.08 Å². The summed E-state index contributed by atoms with van der Waals surface area (Å²) in [5.74, 6) is 1.87. The Morgan fingerprint density at radius 3 is 2.79 bits per heavy atom. The summed E-state index contributed by atoms with van der Waals surface area (Å²) in [5, 5.41) is 3.67. The van der Waals surface area contributed by atoms with Gasteiger partial charge < -0.3 is 14.4 Å². The Balaban J connectivity index is 1.56. The van der Waals surface area contributed by atoms with Gasteiger partial charge in [-0.05, 0) is 55.9 Å². The fourth-order valence-corrected chi connectivity index (χ4v) is 6.36. The maximum atomic E-state index is 13.1. The highest BCUT2D eigenvalue weighted by molar-refractivity contribution is 8.28. The maximum absolute atomic E-state index is 13.1. The monoisotopic (exact) mass is 472 g/mol. The number of hydrogen-bond acceptors (Lipinski definition) is 7. The van der Waals surface area contributed by atoms with Gasteiger partial charge in [0, 0.05) is 31.6 Å². The van der Waals surface area contributed by atoms with Gasteiger partial charge >= 0.3 is 5.69 Å². The standard InChI is InChI=1S/C22H28N6O4S/c1-13-10-18-15(20(29)27(3)32-18)11-16(13)24-21-23-12-17-19(25-21)28(22(30)26(17)2)14-6-5-8-33(4,31)9-7-14/h10-12,14,31H,5-9H2,1-4H3,(H,23,24,25). The molecule has 1 aliphatic rings. The van der Waals surface area contributed by atoms with Crippen LogP contribution in [0, 0.1) is 6.92 Å². The topological polar surface area (TPSA) is 120 Å². The molecule has 5 rings (SSSR count). The Labute approximate surface area is 191 Å². The molecule has 10 nitrogen and oxygen atoms in total. The molecule has 0 bridgehead atoms. The summed E-state index contributed by atoms with van der Waals surface area (Å²) in [6, 6.07) is 3.52. The molecule has 4 heterocycles. The van der Waals surface area contributed by atoms with Crippen molar-refractivity contribution in [3.05, 3.63) is 44.7 Å². The van der Waals surface area contributed by atoms with E-state index in [1.54, 1.807) is 41.6 Å². The minimum Gasteiger partial charge on any atom is -0.376 e. The molecule has 176 valence electrons. The second kappa shape index (κ2) is 7.77. The normalized spacial score (nSPS) is 23.5. The fraction of sp³-hybridized carbons (Fsp3) is 0.455. The van der Waals surface area contributed by atoms with E-state index in [9.17, 15) is 14.1 Å². The molecule has 4 aromatic rings. The molecule has 33 heavy (non-hydrogen) atoms. The van der Waals surface area contributed by atoms with Crippen LogP contribution in [-0.2, 0) is 14.1 Å². The van der Waals surface area contributed by atoms with Crippen molar-refractivity contribution in [2.75, 3.05) is 23.1 Å². The second-order valence-electron chi connectivity index (χ2n) is 9.01. The summed E-state index contributed by atoms with van der Waals surface area (Å²) in [6.45, 7) is 1.91. The lowest BCUT2D eigenvalue weighted by Crippen LogP contribution is -2.26. The van der Waals surface area contributed by atoms with E-state index in [0.717, 1.165) is 36.3 Å². The molecular formula is C22H28N6O4S. The molecule has 2 atom stereocenters. The fourth-order valence-electron chi connectivity index (χ4n) is 4.59. The molecule has 2 N–H and O–H groups in total. The lowest BCUT2D eigenvalue weighted by Gasteiger charge is -2.27. The summed E-state index contributed by atoms with van der Waals surface area (Å²) in [7, 11) is 1.70. The van der Waals surface area contributed by atoms with E-state index in [4.69, 9.17) is 9.51 Å². The predicted octanol–water partition coefficient (Wildman–Crippen LogP) is 3.26. The molecular weight excluding hydrogens is 444 g/mol. The zero-order chi connectivity index (χ0) is 23.5. The van der Waals surface area contributed by atoms with Crippen molar-refractivity contribution in [1.82, 2.24) is 23.8 Å². The van der Waals surface area contributed by atoms with Gasteiger partial charge in [-0.1, -0.05) is 0 Å². The first-order chi connectivity index (χ1) is 15.6. The average Bonchev–Trinajstić information content (AvgIpc) is 3.08. The number of nitrogens with zero attached hydrogens (tertiary/aromatic N) is 5. The van der Waals surface area contributed by atoms with Gasteiger partial charge in [0.1, 0.15) is 5.52 Å². The van der Waals surface area contributed by atoms with Gasteiger partial charge in [-0.15, -0.1) is 10.3 Å². The Morgan fingerprint density at radius 2 is 2.00 bits per heavy atom. The third kappa shape index (κ3) is 3.74. The van der Waals surface area contributed by atoms with Gasteiger partial charge in [-0.2, -0.15) is 9.72 Å². The van der Waals surface area contributed by atoms with Crippen LogP contribution < -0.4 is 16.6 Å². The van der Waals surface area contributed by atoms with Crippen molar-refractivity contribution in [3.63, 3.8) is 0 Å². The molecule has 0 radical (unpaired) electrons. The van der Waals surface area contributed by atoms with E-state index in [1.165, 1.54) is 4.74 Å². The molecule has 11 heteroatoms. The van der Waals surface area contributed by atoms with E-state index in [1.807, 2.05) is 13.2 Å². The van der Waals surface area contributed by atoms with Crippen LogP contribution >= 0.6 is 10.3 Å². The van der Waals surface area contributed by atoms with E-state index in [2.05, 4.69) is 10.3 Å². The van der Waals surface area contributed by atoms with E-state index in [0.29, 0.717) is 33.8 Å². The highest BCUT2D eigenvalue weighted by Crippen LogP contribution is 2.45. The van der Waals surface area contributed by atoms with Crippen LogP contribution in [0.1, 0.15) is 30.9 Å². The van der Waals surface area contributed by atoms with Gasteiger partial charge in [0.05, 0.1) is 11.6 Å². The van der Waals surface area contributed by atoms with Crippen LogP contribution in [0.3, 0.4) is 0 Å². The largest absolute Gasteiger partial charge is 0.376 e. The molecule has 0 aliphatic carbocycles. The molecule has 1 aliphatic heterocycles. The number of benzene rings is 1. The van der Waals surface area contributed by atoms with Gasteiger partial charge in [-0.3, -0.25) is 13.9 Å². The highest BCUT2D eigenvalue weighted by atomic mass is 32.3. The van der Waals surface area contributed by atoms with Crippen molar-refractivity contribution >= 4 is 44.1 Å². The number of hydrogen-bond donors (Lipinski definition) is 2. The highest BCUT2D eigenvalue weighted by Gasteiger charge is 2.27. The van der Waals surface area contributed by atoms with E-state index >= 15 is 0 Å². The van der Waals surface area contributed by atoms with Crippen molar-refractivity contribution in [2.24, 2.45) is 14.1 Å². The number of rotatable bonds is 3. The minimum atomic E-state index is -1.60. The van der Waals surface area contributed by atoms with Crippen LogP contribution in [-0.4, -0.2) is 46.2 Å². The third-order valence-electron chi connectivity index (χ3n) is 6.53. The summed E-state index contributed by atoms with van der Waals surface area (Å²) in [5.41, 5.74) is 2.97. The van der Waals surface area contributed by atoms with Crippen LogP contribution in [0.4, 0.5) is 11.6 Å². The van der Waals surface area contributed by atoms with Crippen LogP contribution in [0.25, 0.3) is 22.1 Å². The lowest BCUT2D eigenvalue weighted by atomic mass is 10.1. The summed E-state index contributed by atoms with van der Waals surface area (Å²) in [6.07, 6.45) is 6.04. The number of imidazole rings is 1. The number of aromatic nitrogens is 5. The molecule has 3 aromatic heterocycles. The molecule has 0 spiro atoms. The third-order valence-corrected chi connectivity index (χ3v) is 8.82. The summed E-state index contributed by atoms with van der Waals surface area (Å²) >= 11 is 0. The number of nitrogens with one attached hydrogen (secondary N) is 1. The Morgan fingerprint density at radius 1 is 1.21 bits per heavy atom. The number of anilines is 2. The van der Waals surface area contributed by atoms with E-state index in [-0.39, 0.29) is 17.3 Å². The predicted molar refractivity (Wildman–Crippen MR) is 131 cm³/mol. The van der Waals surface area contributed by atoms with Gasteiger partial charge in [0.25, 0.3) is 5.56 Å². The molecule has 0 saturated carbocycles.